The molecular weight excluding hydrogens is 568 g/mol. The Morgan fingerprint density at radius 1 is 0.455 bits per heavy atom. The van der Waals surface area contributed by atoms with Gasteiger partial charge in [0.15, 0.2) is 0 Å². The highest BCUT2D eigenvalue weighted by Crippen LogP contribution is 2.29. The van der Waals surface area contributed by atoms with Gasteiger partial charge in [-0.1, -0.05) is 77.0 Å². The smallest absolute Gasteiger partial charge is 0.347 e. The van der Waals surface area contributed by atoms with Crippen molar-refractivity contribution in [1.82, 2.24) is 0 Å². The monoisotopic (exact) mass is 606 g/mol. The van der Waals surface area contributed by atoms with E-state index in [1.54, 1.807) is 0 Å². The number of rotatable bonds is 19. The Bertz CT molecular complexity index is 1340. The minimum Gasteiger partial charge on any atom is -0.478 e. The average Bonchev–Trinajstić information content (AvgIpc) is 3.45. The van der Waals surface area contributed by atoms with E-state index in [1.807, 2.05) is 0 Å². The summed E-state index contributed by atoms with van der Waals surface area (Å²) in [5, 5.41) is 18.6. The van der Waals surface area contributed by atoms with Crippen molar-refractivity contribution < 1.29 is 48.5 Å². The molecule has 2 heterocycles. The normalized spacial score (nSPS) is 13.5. The van der Waals surface area contributed by atoms with Gasteiger partial charge < -0.3 is 19.7 Å². The van der Waals surface area contributed by atoms with Crippen LogP contribution < -0.4 is 0 Å². The molecule has 0 fully saturated rings. The number of carboxylic acid groups (broad SMARTS) is 2. The van der Waals surface area contributed by atoms with E-state index in [0.717, 1.165) is 64.2 Å². The van der Waals surface area contributed by atoms with Crippen molar-refractivity contribution in [2.45, 2.75) is 103 Å². The molecule has 2 aliphatic rings. The number of carboxylic acids is 2. The number of aromatic carboxylic acids is 2. The molecule has 2 aromatic rings. The molecule has 0 unspecified atom stereocenters. The molecule has 0 bridgehead atoms. The molecule has 0 radical (unpaired) electrons. The summed E-state index contributed by atoms with van der Waals surface area (Å²) >= 11 is 0. The number of hydrogen-bond acceptors (Lipinski definition) is 8. The number of carbonyl (C=O) groups excluding carboxylic acids is 4. The predicted octanol–water partition coefficient (Wildman–Crippen LogP) is 6.95. The topological polar surface area (TPSA) is 161 Å². The van der Waals surface area contributed by atoms with Crippen molar-refractivity contribution in [1.29, 1.82) is 0 Å². The maximum absolute atomic E-state index is 12.0. The number of aryl methyl sites for hydroxylation is 2. The third-order valence-electron chi connectivity index (χ3n) is 8.30. The van der Waals surface area contributed by atoms with Crippen LogP contribution in [0, 0.1) is 0 Å². The number of benzene rings is 2. The van der Waals surface area contributed by atoms with Crippen molar-refractivity contribution in [3.05, 3.63) is 68.8 Å². The highest BCUT2D eigenvalue weighted by Gasteiger charge is 2.34. The zero-order chi connectivity index (χ0) is 31.6. The van der Waals surface area contributed by atoms with Gasteiger partial charge in [0.1, 0.15) is 0 Å². The molecule has 0 aromatic heterocycles. The first-order chi connectivity index (χ1) is 21.2. The quantitative estimate of drug-likeness (QED) is 0.0972. The predicted molar refractivity (Wildman–Crippen MR) is 158 cm³/mol. The van der Waals surface area contributed by atoms with Crippen LogP contribution in [0.3, 0.4) is 0 Å². The van der Waals surface area contributed by atoms with Crippen molar-refractivity contribution in [2.24, 2.45) is 0 Å². The van der Waals surface area contributed by atoms with E-state index in [-0.39, 0.29) is 33.4 Å². The van der Waals surface area contributed by atoms with Gasteiger partial charge in [-0.2, -0.15) is 0 Å². The molecule has 2 aliphatic heterocycles. The van der Waals surface area contributed by atoms with E-state index in [9.17, 15) is 39.0 Å². The first-order valence-electron chi connectivity index (χ1n) is 15.5. The van der Waals surface area contributed by atoms with Crippen molar-refractivity contribution >= 4 is 35.8 Å². The minimum absolute atomic E-state index is 0.0111. The lowest BCUT2D eigenvalue weighted by Crippen LogP contribution is -2.05. The van der Waals surface area contributed by atoms with Crippen LogP contribution in [0.4, 0.5) is 0 Å². The molecular formula is C34H38O10. The number of esters is 4. The van der Waals surface area contributed by atoms with Gasteiger partial charge in [0.25, 0.3) is 0 Å². The number of hydrogen-bond donors (Lipinski definition) is 2. The lowest BCUT2D eigenvalue weighted by atomic mass is 9.94. The van der Waals surface area contributed by atoms with Gasteiger partial charge in [-0.3, -0.25) is 0 Å². The SMILES string of the molecule is O=C(O)c1cc(CCCCCCCCCCCCCCCCc2cc(C(=O)O)cc3c2C(=O)OC3=O)c2c(c1)C(=O)OC2=O. The van der Waals surface area contributed by atoms with Crippen LogP contribution in [-0.4, -0.2) is 46.0 Å². The van der Waals surface area contributed by atoms with Gasteiger partial charge in [-0.15, -0.1) is 0 Å². The molecule has 0 spiro atoms. The van der Waals surface area contributed by atoms with Crippen LogP contribution in [0.25, 0.3) is 0 Å². The fourth-order valence-electron chi connectivity index (χ4n) is 5.98. The summed E-state index contributed by atoms with van der Waals surface area (Å²) in [5.74, 6) is -5.25. The standard InChI is InChI=1S/C34H38O10/c35-29(36)23-17-21(27-25(19-23)31(39)43-33(27)41)15-13-11-9-7-5-3-1-2-4-6-8-10-12-14-16-22-18-24(30(37)38)20-26-28(22)34(42)44-32(26)40/h17-20H,1-16H2,(H,35,36)(H,37,38). The maximum Gasteiger partial charge on any atom is 0.347 e. The summed E-state index contributed by atoms with van der Waals surface area (Å²) in [4.78, 5) is 70.6. The van der Waals surface area contributed by atoms with Gasteiger partial charge in [0.05, 0.1) is 33.4 Å². The Kier molecular flexibility index (Phi) is 11.4. The average molecular weight is 607 g/mol. The van der Waals surface area contributed by atoms with E-state index >= 15 is 0 Å². The number of unbranched alkanes of at least 4 members (excludes halogenated alkanes) is 13. The maximum atomic E-state index is 12.0. The molecule has 0 saturated heterocycles. The number of carbonyl (C=O) groups is 6. The summed E-state index contributed by atoms with van der Waals surface area (Å²) in [7, 11) is 0. The highest BCUT2D eigenvalue weighted by molar-refractivity contribution is 6.17. The van der Waals surface area contributed by atoms with E-state index in [2.05, 4.69) is 9.47 Å². The highest BCUT2D eigenvalue weighted by atomic mass is 16.6. The second-order valence-corrected chi connectivity index (χ2v) is 11.5. The first kappa shape index (κ1) is 32.6. The van der Waals surface area contributed by atoms with Crippen LogP contribution in [0.5, 0.6) is 0 Å². The first-order valence-corrected chi connectivity index (χ1v) is 15.5. The second-order valence-electron chi connectivity index (χ2n) is 11.5. The van der Waals surface area contributed by atoms with E-state index < -0.39 is 35.8 Å². The lowest BCUT2D eigenvalue weighted by Gasteiger charge is -2.08. The number of ether oxygens (including phenoxy) is 2. The molecule has 2 aromatic carbocycles. The van der Waals surface area contributed by atoms with Gasteiger partial charge in [0, 0.05) is 0 Å². The summed E-state index contributed by atoms with van der Waals surface area (Å²) in [6.07, 6.45) is 16.1. The molecule has 10 heteroatoms. The largest absolute Gasteiger partial charge is 0.478 e. The minimum atomic E-state index is -1.14. The van der Waals surface area contributed by atoms with E-state index in [1.165, 1.54) is 49.9 Å². The zero-order valence-electron chi connectivity index (χ0n) is 24.8. The Morgan fingerprint density at radius 3 is 1.05 bits per heavy atom. The van der Waals surface area contributed by atoms with Gasteiger partial charge in [-0.05, 0) is 61.1 Å². The van der Waals surface area contributed by atoms with E-state index in [0.29, 0.717) is 24.0 Å². The van der Waals surface area contributed by atoms with Crippen LogP contribution in [-0.2, 0) is 22.3 Å². The fraction of sp³-hybridized carbons (Fsp3) is 0.471. The third-order valence-corrected chi connectivity index (χ3v) is 8.30. The molecule has 0 atom stereocenters. The number of fused-ring (bicyclic) bond motifs is 2. The fourth-order valence-corrected chi connectivity index (χ4v) is 5.98. The molecule has 4 rings (SSSR count). The van der Waals surface area contributed by atoms with Gasteiger partial charge in [-0.25, -0.2) is 28.8 Å². The van der Waals surface area contributed by atoms with Gasteiger partial charge >= 0.3 is 35.8 Å². The van der Waals surface area contributed by atoms with E-state index in [4.69, 9.17) is 0 Å². The van der Waals surface area contributed by atoms with Crippen molar-refractivity contribution in [3.8, 4) is 0 Å². The zero-order valence-corrected chi connectivity index (χ0v) is 24.8. The summed E-state index contributed by atoms with van der Waals surface area (Å²) in [5.41, 5.74) is 1.61. The molecule has 0 saturated carbocycles. The Hall–Kier alpha value is -4.34. The number of cyclic esters (lactones) is 4. The van der Waals surface area contributed by atoms with Gasteiger partial charge in [0.2, 0.25) is 0 Å². The van der Waals surface area contributed by atoms with Crippen LogP contribution >= 0.6 is 0 Å². The third kappa shape index (κ3) is 8.18. The van der Waals surface area contributed by atoms with Crippen LogP contribution in [0.15, 0.2) is 24.3 Å². The Balaban J connectivity index is 1.01. The molecule has 234 valence electrons. The van der Waals surface area contributed by atoms with Crippen LogP contribution in [0.1, 0.15) is 163 Å². The molecule has 0 amide bonds. The molecule has 2 N–H and O–H groups in total. The summed E-state index contributed by atoms with van der Waals surface area (Å²) < 4.78 is 9.34. The van der Waals surface area contributed by atoms with Crippen molar-refractivity contribution in [3.63, 3.8) is 0 Å². The Morgan fingerprint density at radius 2 is 0.750 bits per heavy atom. The molecule has 0 aliphatic carbocycles. The summed E-state index contributed by atoms with van der Waals surface area (Å²) in [6, 6.07) is 5.36. The lowest BCUT2D eigenvalue weighted by molar-refractivity contribution is 0.0425. The molecule has 44 heavy (non-hydrogen) atoms. The Labute approximate surface area is 255 Å². The second kappa shape index (κ2) is 15.4. The van der Waals surface area contributed by atoms with Crippen LogP contribution in [0.2, 0.25) is 0 Å². The van der Waals surface area contributed by atoms with Crippen molar-refractivity contribution in [2.75, 3.05) is 0 Å². The summed E-state index contributed by atoms with van der Waals surface area (Å²) in [6.45, 7) is 0. The molecule has 10 nitrogen and oxygen atoms in total.